The molecule has 2 aromatic heterocycles. The molecular formula is C12H8BrNO3. The van der Waals surface area contributed by atoms with Crippen LogP contribution in [-0.2, 0) is 0 Å². The minimum absolute atomic E-state index is 0.180. The van der Waals surface area contributed by atoms with Gasteiger partial charge in [-0.15, -0.1) is 0 Å². The number of carbonyl (C=O) groups excluding carboxylic acids is 2. The van der Waals surface area contributed by atoms with Crippen LogP contribution in [0.1, 0.15) is 27.3 Å². The normalized spacial score (nSPS) is 10.2. The number of nitrogens with zero attached hydrogens (tertiary/aromatic N) is 1. The maximum Gasteiger partial charge on any atom is 0.205 e. The zero-order chi connectivity index (χ0) is 12.3. The lowest BCUT2D eigenvalue weighted by molar-refractivity contribution is 0.0877. The van der Waals surface area contributed by atoms with Crippen LogP contribution in [0.25, 0.3) is 0 Å². The van der Waals surface area contributed by atoms with Gasteiger partial charge in [-0.25, -0.2) is 0 Å². The Balaban J connectivity index is 2.07. The summed E-state index contributed by atoms with van der Waals surface area (Å²) in [5, 5.41) is 0. The van der Waals surface area contributed by atoms with Crippen molar-refractivity contribution in [2.75, 3.05) is 0 Å². The van der Waals surface area contributed by atoms with Crippen LogP contribution in [0.3, 0.4) is 0 Å². The molecule has 0 radical (unpaired) electrons. The molecule has 0 unspecified atom stereocenters. The molecule has 0 fully saturated rings. The highest BCUT2D eigenvalue weighted by molar-refractivity contribution is 9.10. The average Bonchev–Trinajstić information content (AvgIpc) is 2.77. The molecular weight excluding hydrogens is 286 g/mol. The molecule has 4 nitrogen and oxygen atoms in total. The Bertz CT molecular complexity index is 548. The average molecular weight is 294 g/mol. The van der Waals surface area contributed by atoms with Gasteiger partial charge in [0.05, 0.1) is 6.42 Å². The van der Waals surface area contributed by atoms with Crippen molar-refractivity contribution in [2.24, 2.45) is 0 Å². The van der Waals surface area contributed by atoms with Gasteiger partial charge in [-0.3, -0.25) is 14.6 Å². The molecule has 0 saturated carbocycles. The van der Waals surface area contributed by atoms with Gasteiger partial charge in [-0.1, -0.05) is 0 Å². The number of furan rings is 1. The minimum atomic E-state index is -0.336. The van der Waals surface area contributed by atoms with E-state index in [1.807, 2.05) is 0 Å². The monoisotopic (exact) mass is 293 g/mol. The highest BCUT2D eigenvalue weighted by Gasteiger charge is 2.16. The zero-order valence-corrected chi connectivity index (χ0v) is 10.3. The summed E-state index contributed by atoms with van der Waals surface area (Å²) >= 11 is 3.10. The summed E-state index contributed by atoms with van der Waals surface area (Å²) in [7, 11) is 0. The summed E-state index contributed by atoms with van der Waals surface area (Å²) in [5.41, 5.74) is 0.471. The van der Waals surface area contributed by atoms with Gasteiger partial charge in [0, 0.05) is 18.0 Å². The number of Topliss-reactive ketones (excluding diaryl/α,β-unsaturated/α-hetero) is 2. The molecule has 0 aliphatic rings. The first-order chi connectivity index (χ1) is 8.16. The molecule has 86 valence electrons. The fraction of sp³-hybridized carbons (Fsp3) is 0.0833. The number of ketones is 2. The topological polar surface area (TPSA) is 60.2 Å². The van der Waals surface area contributed by atoms with E-state index >= 15 is 0 Å². The van der Waals surface area contributed by atoms with Crippen molar-refractivity contribution in [1.82, 2.24) is 4.98 Å². The molecule has 0 atom stereocenters. The van der Waals surface area contributed by atoms with Crippen LogP contribution in [0.15, 0.2) is 45.7 Å². The first kappa shape index (κ1) is 11.7. The molecule has 17 heavy (non-hydrogen) atoms. The molecule has 2 rings (SSSR count). The number of carbonyl (C=O) groups is 2. The fourth-order valence-corrected chi connectivity index (χ4v) is 1.64. The van der Waals surface area contributed by atoms with Crippen molar-refractivity contribution in [2.45, 2.75) is 6.42 Å². The largest absolute Gasteiger partial charge is 0.446 e. The standard InChI is InChI=1S/C12H8BrNO3/c13-12-2-1-11(17-12)10(16)7-9(15)8-3-5-14-6-4-8/h1-6H,7H2. The van der Waals surface area contributed by atoms with Crippen LogP contribution in [0, 0.1) is 0 Å². The van der Waals surface area contributed by atoms with E-state index in [1.54, 1.807) is 18.2 Å². The van der Waals surface area contributed by atoms with Gasteiger partial charge in [0.1, 0.15) is 0 Å². The Morgan fingerprint density at radius 2 is 1.82 bits per heavy atom. The van der Waals surface area contributed by atoms with Crippen LogP contribution in [0.4, 0.5) is 0 Å². The predicted molar refractivity (Wildman–Crippen MR) is 63.9 cm³/mol. The second-order valence-corrected chi connectivity index (χ2v) is 4.14. The molecule has 0 spiro atoms. The molecule has 2 heterocycles. The van der Waals surface area contributed by atoms with Crippen LogP contribution in [0.5, 0.6) is 0 Å². The molecule has 0 N–H and O–H groups in total. The van der Waals surface area contributed by atoms with E-state index in [2.05, 4.69) is 20.9 Å². The smallest absolute Gasteiger partial charge is 0.205 e. The first-order valence-electron chi connectivity index (χ1n) is 4.88. The number of hydrogen-bond acceptors (Lipinski definition) is 4. The molecule has 5 heteroatoms. The van der Waals surface area contributed by atoms with E-state index in [0.29, 0.717) is 10.2 Å². The molecule has 2 aromatic rings. The third-order valence-corrected chi connectivity index (χ3v) is 2.60. The SMILES string of the molecule is O=C(CC(=O)c1ccc(Br)o1)c1ccncc1. The molecule has 0 aliphatic carbocycles. The van der Waals surface area contributed by atoms with Crippen molar-refractivity contribution in [1.29, 1.82) is 0 Å². The molecule has 0 bridgehead atoms. The maximum absolute atomic E-state index is 11.7. The number of aromatic nitrogens is 1. The van der Waals surface area contributed by atoms with Crippen LogP contribution in [0.2, 0.25) is 0 Å². The fourth-order valence-electron chi connectivity index (χ4n) is 1.34. The highest BCUT2D eigenvalue weighted by Crippen LogP contribution is 2.16. The van der Waals surface area contributed by atoms with Gasteiger partial charge in [-0.05, 0) is 40.2 Å². The van der Waals surface area contributed by atoms with E-state index in [4.69, 9.17) is 4.42 Å². The van der Waals surface area contributed by atoms with Crippen molar-refractivity contribution in [3.63, 3.8) is 0 Å². The Morgan fingerprint density at radius 1 is 1.12 bits per heavy atom. The van der Waals surface area contributed by atoms with Gasteiger partial charge in [-0.2, -0.15) is 0 Å². The molecule has 0 aromatic carbocycles. The van der Waals surface area contributed by atoms with Crippen LogP contribution in [-0.4, -0.2) is 16.6 Å². The number of pyridine rings is 1. The second-order valence-electron chi connectivity index (χ2n) is 3.36. The summed E-state index contributed by atoms with van der Waals surface area (Å²) in [5.74, 6) is -0.401. The lowest BCUT2D eigenvalue weighted by Crippen LogP contribution is -2.07. The summed E-state index contributed by atoms with van der Waals surface area (Å²) < 4.78 is 5.55. The summed E-state index contributed by atoms with van der Waals surface area (Å²) in [6.07, 6.45) is 2.83. The Hall–Kier alpha value is -1.75. The molecule has 0 amide bonds. The highest BCUT2D eigenvalue weighted by atomic mass is 79.9. The van der Waals surface area contributed by atoms with Gasteiger partial charge in [0.15, 0.2) is 16.2 Å². The second kappa shape index (κ2) is 5.05. The summed E-state index contributed by atoms with van der Waals surface area (Å²) in [6.45, 7) is 0. The lowest BCUT2D eigenvalue weighted by Gasteiger charge is -1.98. The third kappa shape index (κ3) is 2.88. The number of halogens is 1. The van der Waals surface area contributed by atoms with Gasteiger partial charge >= 0.3 is 0 Å². The first-order valence-corrected chi connectivity index (χ1v) is 5.68. The third-order valence-electron chi connectivity index (χ3n) is 2.17. The Kier molecular flexibility index (Phi) is 3.49. The summed E-state index contributed by atoms with van der Waals surface area (Å²) in [6, 6.07) is 6.30. The van der Waals surface area contributed by atoms with Gasteiger partial charge in [0.25, 0.3) is 0 Å². The van der Waals surface area contributed by atoms with E-state index < -0.39 is 0 Å². The van der Waals surface area contributed by atoms with E-state index in [1.165, 1.54) is 18.5 Å². The Labute approximate surface area is 106 Å². The van der Waals surface area contributed by atoms with E-state index in [0.717, 1.165) is 0 Å². The summed E-state index contributed by atoms with van der Waals surface area (Å²) in [4.78, 5) is 27.2. The number of rotatable bonds is 4. The van der Waals surface area contributed by atoms with E-state index in [9.17, 15) is 9.59 Å². The zero-order valence-electron chi connectivity index (χ0n) is 8.72. The number of hydrogen-bond donors (Lipinski definition) is 0. The Morgan fingerprint density at radius 3 is 2.41 bits per heavy atom. The quantitative estimate of drug-likeness (QED) is 0.642. The van der Waals surface area contributed by atoms with Crippen molar-refractivity contribution in [3.05, 3.63) is 52.7 Å². The van der Waals surface area contributed by atoms with Gasteiger partial charge in [0.2, 0.25) is 5.78 Å². The van der Waals surface area contributed by atoms with Crippen molar-refractivity contribution in [3.8, 4) is 0 Å². The molecule has 0 saturated heterocycles. The van der Waals surface area contributed by atoms with Crippen LogP contribution >= 0.6 is 15.9 Å². The van der Waals surface area contributed by atoms with E-state index in [-0.39, 0.29) is 23.7 Å². The predicted octanol–water partition coefficient (Wildman–Crippen LogP) is 2.89. The van der Waals surface area contributed by atoms with Crippen molar-refractivity contribution >= 4 is 27.5 Å². The van der Waals surface area contributed by atoms with Crippen LogP contribution < -0.4 is 0 Å². The van der Waals surface area contributed by atoms with Crippen molar-refractivity contribution < 1.29 is 14.0 Å². The lowest BCUT2D eigenvalue weighted by atomic mass is 10.1. The molecule has 0 aliphatic heterocycles. The van der Waals surface area contributed by atoms with Gasteiger partial charge < -0.3 is 4.42 Å². The minimum Gasteiger partial charge on any atom is -0.446 e. The maximum atomic E-state index is 11.7.